The highest BCUT2D eigenvalue weighted by Crippen LogP contribution is 2.21. The zero-order valence-corrected chi connectivity index (χ0v) is 13.1. The third kappa shape index (κ3) is 3.34. The lowest BCUT2D eigenvalue weighted by Gasteiger charge is -2.15. The second-order valence-corrected chi connectivity index (χ2v) is 5.39. The first kappa shape index (κ1) is 15.9. The van der Waals surface area contributed by atoms with Gasteiger partial charge < -0.3 is 15.1 Å². The summed E-state index contributed by atoms with van der Waals surface area (Å²) in [5.41, 5.74) is 1.78. The molecule has 0 bridgehead atoms. The quantitative estimate of drug-likeness (QED) is 0.762. The van der Waals surface area contributed by atoms with Gasteiger partial charge in [0.25, 0.3) is 0 Å². The second-order valence-electron chi connectivity index (χ2n) is 5.39. The van der Waals surface area contributed by atoms with Crippen molar-refractivity contribution in [2.24, 2.45) is 0 Å². The molecule has 0 fully saturated rings. The molecule has 0 aliphatic carbocycles. The number of nitrogens with one attached hydrogen (secondary N) is 2. The molecule has 1 unspecified atom stereocenters. The van der Waals surface area contributed by atoms with Crippen LogP contribution in [0.25, 0.3) is 11.1 Å². The predicted molar refractivity (Wildman–Crippen MR) is 86.8 cm³/mol. The average molecular weight is 331 g/mol. The summed E-state index contributed by atoms with van der Waals surface area (Å²) < 4.78 is 32.1. The zero-order chi connectivity index (χ0) is 17.3. The maximum atomic E-state index is 13.6. The number of halogens is 2. The molecule has 24 heavy (non-hydrogen) atoms. The number of aromatic nitrogens is 1. The molecule has 7 heteroatoms. The van der Waals surface area contributed by atoms with E-state index in [1.807, 2.05) is 0 Å². The van der Waals surface area contributed by atoms with Crippen LogP contribution in [0, 0.1) is 18.6 Å². The van der Waals surface area contributed by atoms with Crippen LogP contribution in [0.3, 0.4) is 0 Å². The highest BCUT2D eigenvalue weighted by atomic mass is 19.1. The van der Waals surface area contributed by atoms with Crippen molar-refractivity contribution >= 4 is 28.4 Å². The number of nitrogens with zero attached hydrogens (tertiary/aromatic N) is 1. The van der Waals surface area contributed by atoms with Crippen molar-refractivity contribution in [2.75, 3.05) is 10.6 Å². The van der Waals surface area contributed by atoms with E-state index in [1.54, 1.807) is 32.0 Å². The van der Waals surface area contributed by atoms with Crippen molar-refractivity contribution in [1.82, 2.24) is 4.98 Å². The highest BCUT2D eigenvalue weighted by Gasteiger charge is 2.16. The summed E-state index contributed by atoms with van der Waals surface area (Å²) in [6.07, 6.45) is 0. The van der Waals surface area contributed by atoms with Crippen molar-refractivity contribution < 1.29 is 18.0 Å². The largest absolute Gasteiger partial charge is 0.441 e. The Kier molecular flexibility index (Phi) is 4.16. The van der Waals surface area contributed by atoms with Crippen molar-refractivity contribution in [2.45, 2.75) is 19.9 Å². The first-order valence-corrected chi connectivity index (χ1v) is 7.32. The third-order valence-electron chi connectivity index (χ3n) is 3.46. The summed E-state index contributed by atoms with van der Waals surface area (Å²) in [5.74, 6) is -1.26. The number of fused-ring (bicyclic) bond motifs is 1. The molecule has 0 aliphatic heterocycles. The van der Waals surface area contributed by atoms with Gasteiger partial charge in [0.2, 0.25) is 5.91 Å². The van der Waals surface area contributed by atoms with Crippen LogP contribution in [0.2, 0.25) is 0 Å². The van der Waals surface area contributed by atoms with E-state index in [1.165, 1.54) is 0 Å². The van der Waals surface area contributed by atoms with Gasteiger partial charge in [0.1, 0.15) is 23.2 Å². The molecule has 0 radical (unpaired) electrons. The number of hydrogen-bond acceptors (Lipinski definition) is 4. The lowest BCUT2D eigenvalue weighted by Crippen LogP contribution is -2.32. The fourth-order valence-electron chi connectivity index (χ4n) is 2.28. The number of amides is 1. The monoisotopic (exact) mass is 331 g/mol. The number of oxazole rings is 1. The predicted octanol–water partition coefficient (Wildman–Crippen LogP) is 3.85. The summed E-state index contributed by atoms with van der Waals surface area (Å²) in [7, 11) is 0. The smallest absolute Gasteiger partial charge is 0.246 e. The van der Waals surface area contributed by atoms with Crippen LogP contribution in [0.1, 0.15) is 12.8 Å². The average Bonchev–Trinajstić information content (AvgIpc) is 2.90. The number of aryl methyl sites for hydroxylation is 1. The van der Waals surface area contributed by atoms with Gasteiger partial charge in [-0.1, -0.05) is 0 Å². The molecule has 1 aromatic heterocycles. The van der Waals surface area contributed by atoms with E-state index in [2.05, 4.69) is 15.6 Å². The van der Waals surface area contributed by atoms with Gasteiger partial charge in [-0.2, -0.15) is 0 Å². The minimum atomic E-state index is -0.698. The Labute approximate surface area is 136 Å². The van der Waals surface area contributed by atoms with Crippen molar-refractivity contribution in [3.8, 4) is 0 Å². The van der Waals surface area contributed by atoms with E-state index >= 15 is 0 Å². The van der Waals surface area contributed by atoms with Crippen LogP contribution in [0.5, 0.6) is 0 Å². The maximum absolute atomic E-state index is 13.6. The molecule has 2 N–H and O–H groups in total. The maximum Gasteiger partial charge on any atom is 0.246 e. The molecule has 0 saturated carbocycles. The normalized spacial score (nSPS) is 12.2. The fraction of sp³-hybridized carbons (Fsp3) is 0.176. The van der Waals surface area contributed by atoms with Gasteiger partial charge in [0.05, 0.1) is 5.69 Å². The van der Waals surface area contributed by atoms with Crippen molar-refractivity contribution in [3.05, 3.63) is 53.9 Å². The van der Waals surface area contributed by atoms with Gasteiger partial charge in [0, 0.05) is 18.7 Å². The molecule has 5 nitrogen and oxygen atoms in total. The van der Waals surface area contributed by atoms with Gasteiger partial charge in [-0.25, -0.2) is 13.8 Å². The molecule has 0 spiro atoms. The van der Waals surface area contributed by atoms with Gasteiger partial charge in [-0.05, 0) is 37.3 Å². The molecule has 3 aromatic rings. The first-order valence-electron chi connectivity index (χ1n) is 7.32. The molecule has 1 amide bonds. The first-order chi connectivity index (χ1) is 11.4. The molecule has 3 rings (SSSR count). The Hall–Kier alpha value is -2.96. The lowest BCUT2D eigenvalue weighted by molar-refractivity contribution is -0.116. The van der Waals surface area contributed by atoms with Gasteiger partial charge in [-0.3, -0.25) is 4.79 Å². The molecular weight excluding hydrogens is 316 g/mol. The summed E-state index contributed by atoms with van der Waals surface area (Å²) in [6.45, 7) is 3.36. The van der Waals surface area contributed by atoms with Crippen molar-refractivity contribution in [1.29, 1.82) is 0 Å². The van der Waals surface area contributed by atoms with Gasteiger partial charge in [-0.15, -0.1) is 0 Å². The van der Waals surface area contributed by atoms with Crippen molar-refractivity contribution in [3.63, 3.8) is 0 Å². The molecular formula is C17H15F2N3O2. The van der Waals surface area contributed by atoms with E-state index < -0.39 is 23.6 Å². The second kappa shape index (κ2) is 6.27. The van der Waals surface area contributed by atoms with E-state index in [9.17, 15) is 13.6 Å². The minimum Gasteiger partial charge on any atom is -0.441 e. The Bertz CT molecular complexity index is 908. The number of carbonyl (C=O) groups excluding carboxylic acids is 1. The summed E-state index contributed by atoms with van der Waals surface area (Å²) in [6, 6.07) is 7.46. The molecule has 0 saturated heterocycles. The highest BCUT2D eigenvalue weighted by molar-refractivity contribution is 5.96. The van der Waals surface area contributed by atoms with Crippen LogP contribution >= 0.6 is 0 Å². The number of rotatable bonds is 4. The van der Waals surface area contributed by atoms with Crippen LogP contribution in [-0.2, 0) is 4.79 Å². The van der Waals surface area contributed by atoms with Crippen LogP contribution < -0.4 is 10.6 Å². The number of benzene rings is 2. The molecule has 1 atom stereocenters. The number of hydrogen-bond donors (Lipinski definition) is 2. The Balaban J connectivity index is 1.71. The SMILES string of the molecule is Cc1nc2cc(NC(C)C(=O)Nc3cc(F)ccc3F)ccc2o1. The third-order valence-corrected chi connectivity index (χ3v) is 3.46. The van der Waals surface area contributed by atoms with Crippen LogP contribution in [-0.4, -0.2) is 16.9 Å². The Morgan fingerprint density at radius 1 is 1.21 bits per heavy atom. The van der Waals surface area contributed by atoms with Crippen LogP contribution in [0.4, 0.5) is 20.2 Å². The number of anilines is 2. The summed E-state index contributed by atoms with van der Waals surface area (Å²) >= 11 is 0. The van der Waals surface area contributed by atoms with E-state index in [-0.39, 0.29) is 5.69 Å². The van der Waals surface area contributed by atoms with E-state index in [0.717, 1.165) is 18.2 Å². The minimum absolute atomic E-state index is 0.198. The van der Waals surface area contributed by atoms with E-state index in [0.29, 0.717) is 22.7 Å². The molecule has 124 valence electrons. The van der Waals surface area contributed by atoms with E-state index in [4.69, 9.17) is 4.42 Å². The summed E-state index contributed by atoms with van der Waals surface area (Å²) in [5, 5.41) is 5.35. The fourth-order valence-corrected chi connectivity index (χ4v) is 2.28. The molecule has 2 aromatic carbocycles. The van der Waals surface area contributed by atoms with Gasteiger partial charge >= 0.3 is 0 Å². The zero-order valence-electron chi connectivity index (χ0n) is 13.1. The Morgan fingerprint density at radius 3 is 2.79 bits per heavy atom. The van der Waals surface area contributed by atoms with Crippen LogP contribution in [0.15, 0.2) is 40.8 Å². The Morgan fingerprint density at radius 2 is 2.00 bits per heavy atom. The topological polar surface area (TPSA) is 67.2 Å². The standard InChI is InChI=1S/C17H15F2N3O2/c1-9(17(23)22-14-7-11(18)3-5-13(14)19)20-12-4-6-16-15(8-12)21-10(2)24-16/h3-9,20H,1-2H3,(H,22,23). The lowest BCUT2D eigenvalue weighted by atomic mass is 10.2. The molecule has 1 heterocycles. The number of carbonyl (C=O) groups is 1. The summed E-state index contributed by atoms with van der Waals surface area (Å²) in [4.78, 5) is 16.4. The van der Waals surface area contributed by atoms with Gasteiger partial charge in [0.15, 0.2) is 11.5 Å². The molecule has 0 aliphatic rings.